The molecule has 4 aliphatic heterocycles. The summed E-state index contributed by atoms with van der Waals surface area (Å²) < 4.78 is 7.54. The van der Waals surface area contributed by atoms with Crippen molar-refractivity contribution in [2.24, 2.45) is 5.41 Å². The van der Waals surface area contributed by atoms with Crippen LogP contribution in [0.25, 0.3) is 5.57 Å². The normalized spacial score (nSPS) is 22.6. The summed E-state index contributed by atoms with van der Waals surface area (Å²) in [4.78, 5) is 31.4. The van der Waals surface area contributed by atoms with Gasteiger partial charge in [-0.1, -0.05) is 13.8 Å². The predicted molar refractivity (Wildman–Crippen MR) is 184 cm³/mol. The van der Waals surface area contributed by atoms with Gasteiger partial charge in [-0.15, -0.1) is 0 Å². The highest BCUT2D eigenvalue weighted by Gasteiger charge is 2.38. The molecular weight excluding hydrogens is 608 g/mol. The molecule has 0 bridgehead atoms. The van der Waals surface area contributed by atoms with Crippen LogP contribution in [0.15, 0.2) is 54.6 Å². The summed E-state index contributed by atoms with van der Waals surface area (Å²) in [5.41, 5.74) is 7.15. The van der Waals surface area contributed by atoms with Crippen LogP contribution < -0.4 is 15.1 Å². The van der Waals surface area contributed by atoms with Crippen LogP contribution in [0, 0.1) is 5.41 Å². The number of fused-ring (bicyclic) bond motifs is 3. The maximum Gasteiger partial charge on any atom is 0.276 e. The Morgan fingerprint density at radius 3 is 2.56 bits per heavy atom. The molecule has 2 saturated heterocycles. The number of allylic oxidation sites excluding steroid dienone is 2. The van der Waals surface area contributed by atoms with Crippen molar-refractivity contribution in [2.75, 3.05) is 68.1 Å². The molecule has 5 aliphatic rings. The molecule has 0 radical (unpaired) electrons. The quantitative estimate of drug-likeness (QED) is 0.351. The smallest absolute Gasteiger partial charge is 0.276 e. The predicted octanol–water partition coefficient (Wildman–Crippen LogP) is 2.68. The average Bonchev–Trinajstić information content (AvgIpc) is 3.55. The Labute approximate surface area is 280 Å². The number of hydrogen-bond acceptors (Lipinski definition) is 10. The zero-order chi connectivity index (χ0) is 33.2. The van der Waals surface area contributed by atoms with Gasteiger partial charge in [0.1, 0.15) is 17.3 Å². The molecule has 2 fully saturated rings. The van der Waals surface area contributed by atoms with Crippen LogP contribution in [0.3, 0.4) is 0 Å². The molecule has 12 heteroatoms. The fourth-order valence-corrected chi connectivity index (χ4v) is 7.86. The van der Waals surface area contributed by atoms with E-state index in [1.807, 2.05) is 36.7 Å². The number of likely N-dealkylation sites (N-methyl/N-ethyl adjacent to an activating group) is 1. The van der Waals surface area contributed by atoms with Crippen LogP contribution in [0.2, 0.25) is 0 Å². The molecule has 1 amide bonds. The van der Waals surface area contributed by atoms with Crippen LogP contribution >= 0.6 is 0 Å². The molecule has 12 nitrogen and oxygen atoms in total. The maximum absolute atomic E-state index is 13.9. The minimum Gasteiger partial charge on any atom is -0.392 e. The topological polar surface area (TPSA) is 122 Å². The van der Waals surface area contributed by atoms with Gasteiger partial charge in [0.05, 0.1) is 43.4 Å². The lowest BCUT2D eigenvalue weighted by atomic mass is 9.90. The summed E-state index contributed by atoms with van der Waals surface area (Å²) in [6.07, 6.45) is 8.29. The van der Waals surface area contributed by atoms with E-state index in [1.54, 1.807) is 23.0 Å². The van der Waals surface area contributed by atoms with E-state index >= 15 is 0 Å². The molecule has 0 spiro atoms. The fraction of sp³-hybridized carbons (Fsp3) is 0.472. The standard InChI is InChI=1S/C36H44N8O4/c1-36(2)16-23-15-30-35(47)44(13-12-43(30)31(23)17-36)33-28(20-45)27(6-7-37-33)24-14-29(34(46)40(3)19-24)39-32-5-4-25(18-38-32)41-8-10-42(11-9-41)26-21-48-22-26/h4-7,14-15,18-19,26,34,45-46H,8-13,16-17,20-22H2,1-3H3,(H,38,39). The second-order valence-electron chi connectivity index (χ2n) is 14.4. The van der Waals surface area contributed by atoms with Crippen molar-refractivity contribution in [1.82, 2.24) is 24.3 Å². The van der Waals surface area contributed by atoms with Crippen molar-refractivity contribution in [3.05, 3.63) is 82.7 Å². The number of piperazine rings is 1. The Kier molecular flexibility index (Phi) is 7.78. The van der Waals surface area contributed by atoms with Gasteiger partial charge < -0.3 is 34.6 Å². The van der Waals surface area contributed by atoms with Crippen molar-refractivity contribution in [2.45, 2.75) is 52.1 Å². The number of ether oxygens (including phenoxy) is 1. The molecule has 48 heavy (non-hydrogen) atoms. The number of pyridine rings is 2. The Morgan fingerprint density at radius 2 is 1.85 bits per heavy atom. The molecule has 1 aliphatic carbocycles. The number of aliphatic hydroxyl groups is 2. The zero-order valence-corrected chi connectivity index (χ0v) is 27.9. The van der Waals surface area contributed by atoms with E-state index in [1.165, 1.54) is 11.3 Å². The highest BCUT2D eigenvalue weighted by molar-refractivity contribution is 6.06. The zero-order valence-electron chi connectivity index (χ0n) is 27.9. The number of aliphatic hydroxyl groups excluding tert-OH is 2. The van der Waals surface area contributed by atoms with Crippen molar-refractivity contribution in [1.29, 1.82) is 0 Å². The molecular formula is C36H44N8O4. The number of nitrogens with one attached hydrogen (secondary N) is 1. The number of carbonyl (C=O) groups is 1. The lowest BCUT2D eigenvalue weighted by Gasteiger charge is -2.43. The van der Waals surface area contributed by atoms with Gasteiger partial charge in [0, 0.05) is 75.5 Å². The summed E-state index contributed by atoms with van der Waals surface area (Å²) in [5, 5.41) is 25.1. The minimum absolute atomic E-state index is 0.0970. The molecule has 0 saturated carbocycles. The largest absolute Gasteiger partial charge is 0.392 e. The highest BCUT2D eigenvalue weighted by atomic mass is 16.5. The van der Waals surface area contributed by atoms with Crippen LogP contribution in [-0.2, 0) is 30.7 Å². The highest BCUT2D eigenvalue weighted by Crippen LogP contribution is 2.40. The van der Waals surface area contributed by atoms with Gasteiger partial charge in [0.2, 0.25) is 0 Å². The Morgan fingerprint density at radius 1 is 1.04 bits per heavy atom. The van der Waals surface area contributed by atoms with Crippen molar-refractivity contribution in [3.63, 3.8) is 0 Å². The van der Waals surface area contributed by atoms with Crippen LogP contribution in [0.1, 0.15) is 46.7 Å². The van der Waals surface area contributed by atoms with Gasteiger partial charge in [-0.25, -0.2) is 9.97 Å². The summed E-state index contributed by atoms with van der Waals surface area (Å²) in [5.74, 6) is 0.990. The third kappa shape index (κ3) is 5.46. The number of aromatic nitrogens is 3. The van der Waals surface area contributed by atoms with Crippen LogP contribution in [0.4, 0.5) is 17.3 Å². The fourth-order valence-electron chi connectivity index (χ4n) is 7.86. The molecule has 3 aromatic rings. The number of nitrogens with zero attached hydrogens (tertiary/aromatic N) is 7. The van der Waals surface area contributed by atoms with E-state index in [4.69, 9.17) is 4.74 Å². The third-order valence-electron chi connectivity index (χ3n) is 10.5. The molecule has 252 valence electrons. The number of anilines is 3. The van der Waals surface area contributed by atoms with Crippen molar-refractivity contribution >= 4 is 28.8 Å². The first-order valence-electron chi connectivity index (χ1n) is 16.9. The van der Waals surface area contributed by atoms with Crippen molar-refractivity contribution in [3.8, 4) is 0 Å². The van der Waals surface area contributed by atoms with Gasteiger partial charge in [-0.2, -0.15) is 0 Å². The van der Waals surface area contributed by atoms with Crippen LogP contribution in [-0.4, -0.2) is 106 Å². The first kappa shape index (κ1) is 31.1. The molecule has 1 atom stereocenters. The van der Waals surface area contributed by atoms with Crippen molar-refractivity contribution < 1.29 is 19.7 Å². The summed E-state index contributed by atoms with van der Waals surface area (Å²) >= 11 is 0. The molecule has 7 heterocycles. The molecule has 1 unspecified atom stereocenters. The summed E-state index contributed by atoms with van der Waals surface area (Å²) in [7, 11) is 1.80. The van der Waals surface area contributed by atoms with E-state index < -0.39 is 6.23 Å². The Bertz CT molecular complexity index is 1790. The Balaban J connectivity index is 1.01. The second-order valence-corrected chi connectivity index (χ2v) is 14.4. The van der Waals surface area contributed by atoms with Crippen LogP contribution in [0.5, 0.6) is 0 Å². The summed E-state index contributed by atoms with van der Waals surface area (Å²) in [6, 6.07) is 8.46. The van der Waals surface area contributed by atoms with Gasteiger partial charge in [0.15, 0.2) is 6.23 Å². The first-order valence-corrected chi connectivity index (χ1v) is 16.9. The second kappa shape index (κ2) is 12.0. The molecule has 0 aromatic carbocycles. The van der Waals surface area contributed by atoms with Gasteiger partial charge >= 0.3 is 0 Å². The van der Waals surface area contributed by atoms with E-state index in [9.17, 15) is 15.0 Å². The number of rotatable bonds is 7. The minimum atomic E-state index is -0.916. The lowest BCUT2D eigenvalue weighted by Crippen LogP contribution is -2.56. The number of amides is 1. The SMILES string of the molecule is CN1C=C(c2ccnc(N3CCn4c(cc5c4CC(C)(C)C5)C3=O)c2CO)C=C(Nc2ccc(N3CCN(C4COC4)CC3)cn2)C1O. The van der Waals surface area contributed by atoms with E-state index in [0.29, 0.717) is 47.7 Å². The van der Waals surface area contributed by atoms with Gasteiger partial charge in [0.25, 0.3) is 5.91 Å². The number of carbonyl (C=O) groups excluding carboxylic acids is 1. The average molecular weight is 653 g/mol. The van der Waals surface area contributed by atoms with Gasteiger partial charge in [-0.05, 0) is 59.7 Å². The Hall–Kier alpha value is -4.23. The monoisotopic (exact) mass is 652 g/mol. The maximum atomic E-state index is 13.9. The third-order valence-corrected chi connectivity index (χ3v) is 10.5. The van der Waals surface area contributed by atoms with E-state index in [2.05, 4.69) is 49.6 Å². The molecule has 8 rings (SSSR count). The van der Waals surface area contributed by atoms with Gasteiger partial charge in [-0.3, -0.25) is 14.6 Å². The summed E-state index contributed by atoms with van der Waals surface area (Å²) in [6.45, 7) is 11.0. The molecule has 3 N–H and O–H groups in total. The van der Waals surface area contributed by atoms with E-state index in [-0.39, 0.29) is 17.9 Å². The van der Waals surface area contributed by atoms with E-state index in [0.717, 1.165) is 69.1 Å². The lowest BCUT2D eigenvalue weighted by molar-refractivity contribution is -0.0660. The molecule has 3 aromatic heterocycles. The first-order chi connectivity index (χ1) is 23.2. The number of hydrogen-bond donors (Lipinski definition) is 3.